The van der Waals surface area contributed by atoms with Crippen molar-refractivity contribution in [2.24, 2.45) is 0 Å². The predicted octanol–water partition coefficient (Wildman–Crippen LogP) is 8.73. The number of methoxy groups -OCH3 is 2. The van der Waals surface area contributed by atoms with Crippen LogP contribution in [0.2, 0.25) is 0 Å². The van der Waals surface area contributed by atoms with E-state index in [1.54, 1.807) is 42.6 Å². The second kappa shape index (κ2) is 18.6. The van der Waals surface area contributed by atoms with Crippen LogP contribution in [-0.4, -0.2) is 61.5 Å². The smallest absolute Gasteiger partial charge is 0.481 e. The van der Waals surface area contributed by atoms with Gasteiger partial charge in [-0.15, -0.1) is 26.3 Å². The van der Waals surface area contributed by atoms with E-state index in [1.807, 2.05) is 25.1 Å². The molecular weight excluding hydrogens is 849 g/mol. The van der Waals surface area contributed by atoms with Crippen LogP contribution >= 0.6 is 0 Å². The summed E-state index contributed by atoms with van der Waals surface area (Å²) in [4.78, 5) is 38.9. The van der Waals surface area contributed by atoms with Crippen molar-refractivity contribution in [1.29, 1.82) is 0 Å². The van der Waals surface area contributed by atoms with Crippen LogP contribution in [0.1, 0.15) is 17.2 Å². The highest BCUT2D eigenvalue weighted by Gasteiger charge is 2.31. The third-order valence-corrected chi connectivity index (χ3v) is 9.51. The number of aromatic nitrogens is 7. The third kappa shape index (κ3) is 11.2. The molecule has 0 aliphatic rings. The van der Waals surface area contributed by atoms with Crippen molar-refractivity contribution in [3.8, 4) is 45.5 Å². The van der Waals surface area contributed by atoms with Gasteiger partial charge in [0.2, 0.25) is 11.8 Å². The van der Waals surface area contributed by atoms with Crippen molar-refractivity contribution < 1.29 is 45.3 Å². The summed E-state index contributed by atoms with van der Waals surface area (Å²) in [6.45, 7) is 2.28. The Kier molecular flexibility index (Phi) is 12.9. The van der Waals surface area contributed by atoms with Crippen molar-refractivity contribution in [2.75, 3.05) is 14.2 Å². The fourth-order valence-electron chi connectivity index (χ4n) is 6.51. The van der Waals surface area contributed by atoms with E-state index >= 15 is 0 Å². The summed E-state index contributed by atoms with van der Waals surface area (Å²) in [5.41, 5.74) is 3.83. The van der Waals surface area contributed by atoms with Crippen molar-refractivity contribution >= 4 is 21.5 Å². The van der Waals surface area contributed by atoms with Crippen LogP contribution in [0.4, 0.5) is 26.3 Å². The SMILES string of the molecule is COc1cc(OC)nc(Cn2ncc3ccc(-c4ccc(OC(F)(F)F)cc4)cc3c2=O)n1.Cc1cccc(CCn2ncc3ccc(-c4ccc(OC(F)(F)F)cc4)cc3c2=O)n1. The van der Waals surface area contributed by atoms with Gasteiger partial charge in [-0.3, -0.25) is 14.6 Å². The predicted molar refractivity (Wildman–Crippen MR) is 223 cm³/mol. The number of hydrogen-bond acceptors (Lipinski definition) is 11. The molecule has 0 saturated heterocycles. The molecular formula is C45H35F6N7O6. The van der Waals surface area contributed by atoms with Gasteiger partial charge in [0, 0.05) is 28.6 Å². The average Bonchev–Trinajstić information content (AvgIpc) is 3.26. The van der Waals surface area contributed by atoms with Gasteiger partial charge in [0.25, 0.3) is 11.1 Å². The molecule has 0 unspecified atom stereocenters. The maximum Gasteiger partial charge on any atom is 0.573 e. The lowest BCUT2D eigenvalue weighted by Crippen LogP contribution is -2.24. The van der Waals surface area contributed by atoms with Crippen LogP contribution in [0.5, 0.6) is 23.3 Å². The van der Waals surface area contributed by atoms with Gasteiger partial charge in [-0.2, -0.15) is 20.2 Å². The molecule has 8 aromatic rings. The molecule has 0 saturated carbocycles. The number of ether oxygens (including phenoxy) is 4. The summed E-state index contributed by atoms with van der Waals surface area (Å²) in [6, 6.07) is 28.6. The van der Waals surface area contributed by atoms with Crippen LogP contribution in [0, 0.1) is 6.92 Å². The lowest BCUT2D eigenvalue weighted by molar-refractivity contribution is -0.275. The highest BCUT2D eigenvalue weighted by atomic mass is 19.4. The molecule has 328 valence electrons. The molecule has 8 rings (SSSR count). The first kappa shape index (κ1) is 44.2. The van der Waals surface area contributed by atoms with E-state index in [1.165, 1.54) is 84.4 Å². The first-order chi connectivity index (χ1) is 30.5. The van der Waals surface area contributed by atoms with E-state index in [2.05, 4.69) is 34.6 Å². The highest BCUT2D eigenvalue weighted by Crippen LogP contribution is 2.29. The molecule has 0 amide bonds. The molecule has 4 heterocycles. The summed E-state index contributed by atoms with van der Waals surface area (Å²) in [7, 11) is 2.91. The van der Waals surface area contributed by atoms with E-state index in [9.17, 15) is 35.9 Å². The Balaban J connectivity index is 0.000000192. The molecule has 4 aromatic carbocycles. The van der Waals surface area contributed by atoms with Gasteiger partial charge >= 0.3 is 12.7 Å². The zero-order valence-electron chi connectivity index (χ0n) is 34.0. The van der Waals surface area contributed by atoms with Crippen LogP contribution in [0.25, 0.3) is 43.8 Å². The normalized spacial score (nSPS) is 11.5. The quantitative estimate of drug-likeness (QED) is 0.115. The second-order valence-corrected chi connectivity index (χ2v) is 13.9. The van der Waals surface area contributed by atoms with E-state index < -0.39 is 12.7 Å². The van der Waals surface area contributed by atoms with Crippen LogP contribution < -0.4 is 30.1 Å². The topological polar surface area (TPSA) is 145 Å². The first-order valence-corrected chi connectivity index (χ1v) is 19.1. The largest absolute Gasteiger partial charge is 0.573 e. The van der Waals surface area contributed by atoms with Gasteiger partial charge in [-0.25, -0.2) is 9.36 Å². The molecule has 0 aliphatic heterocycles. The van der Waals surface area contributed by atoms with E-state index in [4.69, 9.17) is 9.47 Å². The van der Waals surface area contributed by atoms with Gasteiger partial charge < -0.3 is 18.9 Å². The first-order valence-electron chi connectivity index (χ1n) is 19.1. The number of benzene rings is 4. The zero-order chi connectivity index (χ0) is 45.6. The van der Waals surface area contributed by atoms with Gasteiger partial charge in [0.15, 0.2) is 5.82 Å². The van der Waals surface area contributed by atoms with Crippen LogP contribution in [0.3, 0.4) is 0 Å². The molecule has 0 spiro atoms. The summed E-state index contributed by atoms with van der Waals surface area (Å²) in [5.74, 6) is 0.217. The lowest BCUT2D eigenvalue weighted by atomic mass is 10.0. The van der Waals surface area contributed by atoms with Gasteiger partial charge in [-0.05, 0) is 77.7 Å². The van der Waals surface area contributed by atoms with Crippen LogP contribution in [-0.2, 0) is 19.5 Å². The number of alkyl halides is 6. The minimum absolute atomic E-state index is 0.0178. The van der Waals surface area contributed by atoms with E-state index in [0.717, 1.165) is 11.4 Å². The minimum atomic E-state index is -4.76. The Morgan fingerprint density at radius 3 is 1.50 bits per heavy atom. The average molecular weight is 884 g/mol. The van der Waals surface area contributed by atoms with Crippen molar-refractivity contribution in [2.45, 2.75) is 39.2 Å². The number of nitrogens with zero attached hydrogens (tertiary/aromatic N) is 7. The van der Waals surface area contributed by atoms with E-state index in [0.29, 0.717) is 56.8 Å². The Morgan fingerprint density at radius 1 is 0.562 bits per heavy atom. The summed E-state index contributed by atoms with van der Waals surface area (Å²) in [5, 5.41) is 10.6. The summed E-state index contributed by atoms with van der Waals surface area (Å²) < 4.78 is 94.8. The number of aryl methyl sites for hydroxylation is 3. The highest BCUT2D eigenvalue weighted by molar-refractivity contribution is 5.87. The van der Waals surface area contributed by atoms with Crippen molar-refractivity contribution in [3.05, 3.63) is 160 Å². The Morgan fingerprint density at radius 2 is 1.03 bits per heavy atom. The zero-order valence-corrected chi connectivity index (χ0v) is 34.0. The number of halogens is 6. The summed E-state index contributed by atoms with van der Waals surface area (Å²) in [6.07, 6.45) is -5.77. The van der Waals surface area contributed by atoms with Gasteiger partial charge in [0.1, 0.15) is 18.0 Å². The van der Waals surface area contributed by atoms with Crippen molar-refractivity contribution in [3.63, 3.8) is 0 Å². The minimum Gasteiger partial charge on any atom is -0.481 e. The monoisotopic (exact) mass is 883 g/mol. The molecule has 0 N–H and O–H groups in total. The fraction of sp³-hybridized carbons (Fsp3) is 0.178. The molecule has 0 bridgehead atoms. The molecule has 64 heavy (non-hydrogen) atoms. The fourth-order valence-corrected chi connectivity index (χ4v) is 6.51. The molecule has 13 nitrogen and oxygen atoms in total. The van der Waals surface area contributed by atoms with Gasteiger partial charge in [-0.1, -0.05) is 54.6 Å². The molecule has 0 fully saturated rings. The molecule has 0 radical (unpaired) electrons. The number of pyridine rings is 1. The van der Waals surface area contributed by atoms with Crippen molar-refractivity contribution in [1.82, 2.24) is 34.5 Å². The van der Waals surface area contributed by atoms with Gasteiger partial charge in [0.05, 0.1) is 50.0 Å². The molecule has 19 heteroatoms. The molecule has 4 aromatic heterocycles. The molecule has 0 atom stereocenters. The summed E-state index contributed by atoms with van der Waals surface area (Å²) >= 11 is 0. The third-order valence-electron chi connectivity index (χ3n) is 9.51. The Labute approximate surface area is 359 Å². The Bertz CT molecular complexity index is 3030. The van der Waals surface area contributed by atoms with Crippen LogP contribution in [0.15, 0.2) is 131 Å². The standard InChI is InChI=1S/C23H18F3N3O2.C22H17F3N4O4/c1-15-3-2-4-19(28-15)11-12-29-22(30)21-13-17(5-6-18(21)14-27-29)16-7-9-20(10-8-16)31-23(24,25)26;1-31-19-10-20(32-2)28-18(27-19)12-29-21(30)17-9-14(3-4-15(17)11-26-29)13-5-7-16(8-6-13)33-22(23,24)25/h2-10,13-14H,11-12H2,1H3;3-11H,12H2,1-2H3. The van der Waals surface area contributed by atoms with E-state index in [-0.39, 0.29) is 46.7 Å². The second-order valence-electron chi connectivity index (χ2n) is 13.9. The lowest BCUT2D eigenvalue weighted by Gasteiger charge is -2.10. The number of rotatable bonds is 11. The maximum absolute atomic E-state index is 13.1. The number of fused-ring (bicyclic) bond motifs is 2. The molecule has 0 aliphatic carbocycles. The maximum atomic E-state index is 13.1. The number of hydrogen-bond donors (Lipinski definition) is 0. The Hall–Kier alpha value is -7.83.